The van der Waals surface area contributed by atoms with Crippen molar-refractivity contribution in [3.63, 3.8) is 0 Å². The van der Waals surface area contributed by atoms with Crippen LogP contribution < -0.4 is 5.56 Å². The lowest BCUT2D eigenvalue weighted by Crippen LogP contribution is -2.47. The Hall–Kier alpha value is -2.54. The Morgan fingerprint density at radius 1 is 1.13 bits per heavy atom. The fraction of sp³-hybridized carbons (Fsp3) is 0.348. The van der Waals surface area contributed by atoms with E-state index in [2.05, 4.69) is 16.8 Å². The maximum absolute atomic E-state index is 13.6. The molecular weight excluding hydrogens is 402 g/mol. The normalized spacial score (nSPS) is 16.6. The molecule has 0 amide bonds. The van der Waals surface area contributed by atoms with Crippen LogP contribution in [-0.2, 0) is 6.54 Å². The Morgan fingerprint density at radius 2 is 1.83 bits per heavy atom. The lowest BCUT2D eigenvalue weighted by molar-refractivity contribution is 0.125. The minimum absolute atomic E-state index is 0.0204. The van der Waals surface area contributed by atoms with Crippen LogP contribution in [-0.4, -0.2) is 52.7 Å². The van der Waals surface area contributed by atoms with Gasteiger partial charge >= 0.3 is 0 Å². The highest BCUT2D eigenvalue weighted by atomic mass is 35.5. The first-order valence-electron chi connectivity index (χ1n) is 10.1. The number of hydrogen-bond donors (Lipinski definition) is 1. The summed E-state index contributed by atoms with van der Waals surface area (Å²) in [6.07, 6.45) is 1.60. The van der Waals surface area contributed by atoms with Crippen LogP contribution in [0.25, 0.3) is 0 Å². The molecule has 1 saturated heterocycles. The Labute approximate surface area is 180 Å². The van der Waals surface area contributed by atoms with Crippen molar-refractivity contribution in [1.82, 2.24) is 14.4 Å². The first-order valence-corrected chi connectivity index (χ1v) is 10.5. The summed E-state index contributed by atoms with van der Waals surface area (Å²) < 4.78 is 7.11. The minimum Gasteiger partial charge on any atom is -0.507 e. The number of hydrogen-bond acceptors (Lipinski definition) is 5. The predicted octanol–water partition coefficient (Wildman–Crippen LogP) is 3.49. The number of aromatic nitrogens is 1. The van der Waals surface area contributed by atoms with E-state index in [1.54, 1.807) is 23.0 Å². The molecule has 1 atom stereocenters. The summed E-state index contributed by atoms with van der Waals surface area (Å²) in [5, 5.41) is 11.5. The molecule has 1 aliphatic rings. The van der Waals surface area contributed by atoms with Gasteiger partial charge in [-0.05, 0) is 49.9 Å². The number of rotatable bonds is 5. The molecule has 0 radical (unpaired) electrons. The quantitative estimate of drug-likeness (QED) is 0.675. The van der Waals surface area contributed by atoms with E-state index in [1.807, 2.05) is 37.3 Å². The number of furan rings is 1. The van der Waals surface area contributed by atoms with Crippen LogP contribution >= 0.6 is 11.6 Å². The molecule has 30 heavy (non-hydrogen) atoms. The van der Waals surface area contributed by atoms with Gasteiger partial charge in [-0.3, -0.25) is 9.69 Å². The van der Waals surface area contributed by atoms with E-state index < -0.39 is 0 Å². The molecule has 3 aromatic rings. The second-order valence-electron chi connectivity index (χ2n) is 7.85. The van der Waals surface area contributed by atoms with Crippen molar-refractivity contribution in [2.75, 3.05) is 33.2 Å². The molecule has 3 heterocycles. The Bertz CT molecular complexity index is 1050. The van der Waals surface area contributed by atoms with E-state index in [9.17, 15) is 9.90 Å². The summed E-state index contributed by atoms with van der Waals surface area (Å²) in [6.45, 7) is 5.54. The van der Waals surface area contributed by atoms with Crippen LogP contribution in [0.1, 0.15) is 28.6 Å². The number of pyridine rings is 1. The molecule has 4 rings (SSSR count). The van der Waals surface area contributed by atoms with Crippen LogP contribution in [0.4, 0.5) is 0 Å². The van der Waals surface area contributed by atoms with Gasteiger partial charge in [0.2, 0.25) is 0 Å². The third-order valence-electron chi connectivity index (χ3n) is 5.78. The van der Waals surface area contributed by atoms with Gasteiger partial charge in [-0.1, -0.05) is 23.7 Å². The Morgan fingerprint density at radius 3 is 2.47 bits per heavy atom. The summed E-state index contributed by atoms with van der Waals surface area (Å²) >= 11 is 6.11. The zero-order valence-corrected chi connectivity index (χ0v) is 18.0. The van der Waals surface area contributed by atoms with Crippen molar-refractivity contribution in [2.24, 2.45) is 0 Å². The second kappa shape index (κ2) is 8.68. The summed E-state index contributed by atoms with van der Waals surface area (Å²) in [5.41, 5.74) is 1.80. The van der Waals surface area contributed by atoms with E-state index in [1.165, 1.54) is 0 Å². The standard InChI is InChI=1S/C23H26ClN3O3/c1-16-14-20(28)21(23(29)27(16)15-19-4-3-13-30-19)22(17-5-7-18(24)8-6-17)26-11-9-25(2)10-12-26/h3-8,13-14,22,28H,9-12,15H2,1-2H3/t22-/m0/s1. The van der Waals surface area contributed by atoms with Gasteiger partial charge in [0.15, 0.2) is 0 Å². The zero-order chi connectivity index (χ0) is 21.3. The SMILES string of the molecule is Cc1cc(O)c([C@H](c2ccc(Cl)cc2)N2CCN(C)CC2)c(=O)n1Cc1ccco1. The van der Waals surface area contributed by atoms with Crippen LogP contribution in [0.3, 0.4) is 0 Å². The van der Waals surface area contributed by atoms with Gasteiger partial charge in [0.05, 0.1) is 24.4 Å². The second-order valence-corrected chi connectivity index (χ2v) is 8.29. The monoisotopic (exact) mass is 427 g/mol. The Kier molecular flexibility index (Phi) is 5.99. The first kappa shape index (κ1) is 20.7. The number of nitrogens with zero attached hydrogens (tertiary/aromatic N) is 3. The average molecular weight is 428 g/mol. The molecule has 0 bridgehead atoms. The summed E-state index contributed by atoms with van der Waals surface area (Å²) in [4.78, 5) is 18.1. The lowest BCUT2D eigenvalue weighted by Gasteiger charge is -2.38. The molecule has 2 aromatic heterocycles. The van der Waals surface area contributed by atoms with Crippen molar-refractivity contribution >= 4 is 11.6 Å². The molecule has 1 N–H and O–H groups in total. The topological polar surface area (TPSA) is 61.9 Å². The molecule has 0 aliphatic carbocycles. The molecule has 1 aliphatic heterocycles. The molecular formula is C23H26ClN3O3. The highest BCUT2D eigenvalue weighted by molar-refractivity contribution is 6.30. The zero-order valence-electron chi connectivity index (χ0n) is 17.2. The van der Waals surface area contributed by atoms with Crippen molar-refractivity contribution in [3.05, 3.63) is 86.7 Å². The van der Waals surface area contributed by atoms with E-state index in [-0.39, 0.29) is 17.4 Å². The van der Waals surface area contributed by atoms with Gasteiger partial charge in [0.1, 0.15) is 11.5 Å². The van der Waals surface area contributed by atoms with E-state index in [4.69, 9.17) is 16.0 Å². The fourth-order valence-electron chi connectivity index (χ4n) is 4.07. The maximum Gasteiger partial charge on any atom is 0.260 e. The number of likely N-dealkylation sites (N-methyl/N-ethyl adjacent to an activating group) is 1. The van der Waals surface area contributed by atoms with Crippen LogP contribution in [0.2, 0.25) is 5.02 Å². The van der Waals surface area contributed by atoms with Crippen molar-refractivity contribution in [3.8, 4) is 5.75 Å². The average Bonchev–Trinajstić information content (AvgIpc) is 3.23. The minimum atomic E-state index is -0.355. The van der Waals surface area contributed by atoms with Gasteiger partial charge in [0.25, 0.3) is 5.56 Å². The molecule has 7 heteroatoms. The van der Waals surface area contributed by atoms with Gasteiger partial charge < -0.3 is 19.0 Å². The number of piperazine rings is 1. The smallest absolute Gasteiger partial charge is 0.260 e. The van der Waals surface area contributed by atoms with Gasteiger partial charge in [-0.2, -0.15) is 0 Å². The van der Waals surface area contributed by atoms with Crippen molar-refractivity contribution in [2.45, 2.75) is 19.5 Å². The van der Waals surface area contributed by atoms with Gasteiger partial charge in [-0.25, -0.2) is 0 Å². The summed E-state index contributed by atoms with van der Waals surface area (Å²) in [7, 11) is 2.09. The number of benzene rings is 1. The Balaban J connectivity index is 1.83. The lowest BCUT2D eigenvalue weighted by atomic mass is 9.96. The molecule has 158 valence electrons. The first-order chi connectivity index (χ1) is 14.4. The van der Waals surface area contributed by atoms with Crippen LogP contribution in [0.15, 0.2) is 57.9 Å². The van der Waals surface area contributed by atoms with Crippen molar-refractivity contribution in [1.29, 1.82) is 0 Å². The van der Waals surface area contributed by atoms with Gasteiger partial charge in [0, 0.05) is 36.9 Å². The fourth-order valence-corrected chi connectivity index (χ4v) is 4.19. The molecule has 1 fully saturated rings. The molecule has 0 unspecified atom stereocenters. The highest BCUT2D eigenvalue weighted by Gasteiger charge is 2.31. The van der Waals surface area contributed by atoms with E-state index >= 15 is 0 Å². The van der Waals surface area contributed by atoms with Gasteiger partial charge in [-0.15, -0.1) is 0 Å². The number of aromatic hydroxyl groups is 1. The van der Waals surface area contributed by atoms with E-state index in [0.29, 0.717) is 28.6 Å². The summed E-state index contributed by atoms with van der Waals surface area (Å²) in [6, 6.07) is 12.5. The number of halogens is 1. The van der Waals surface area contributed by atoms with E-state index in [0.717, 1.165) is 31.7 Å². The third kappa shape index (κ3) is 4.17. The molecule has 1 aromatic carbocycles. The predicted molar refractivity (Wildman–Crippen MR) is 117 cm³/mol. The number of aryl methyl sites for hydroxylation is 1. The summed E-state index contributed by atoms with van der Waals surface area (Å²) in [5.74, 6) is 0.714. The van der Waals surface area contributed by atoms with Crippen molar-refractivity contribution < 1.29 is 9.52 Å². The molecule has 0 saturated carbocycles. The van der Waals surface area contributed by atoms with Crippen LogP contribution in [0, 0.1) is 6.92 Å². The third-order valence-corrected chi connectivity index (χ3v) is 6.03. The highest BCUT2D eigenvalue weighted by Crippen LogP contribution is 2.33. The molecule has 6 nitrogen and oxygen atoms in total. The molecule has 0 spiro atoms. The van der Waals surface area contributed by atoms with Crippen LogP contribution in [0.5, 0.6) is 5.75 Å². The largest absolute Gasteiger partial charge is 0.507 e. The maximum atomic E-state index is 13.6.